The fourth-order valence-electron chi connectivity index (χ4n) is 1.52. The van der Waals surface area contributed by atoms with E-state index < -0.39 is 0 Å². The Hall–Kier alpha value is -1.32. The Kier molecular flexibility index (Phi) is 4.52. The average Bonchev–Trinajstić information content (AvgIpc) is 2.30. The van der Waals surface area contributed by atoms with Gasteiger partial charge in [0.25, 0.3) is 0 Å². The van der Waals surface area contributed by atoms with Crippen LogP contribution in [0, 0.1) is 0 Å². The SMILES string of the molecule is CCN(CC)c1cc(N(C)C(C)C)ncn1. The zero-order valence-electron chi connectivity index (χ0n) is 10.9. The van der Waals surface area contributed by atoms with Gasteiger partial charge in [-0.1, -0.05) is 0 Å². The molecule has 0 atom stereocenters. The van der Waals surface area contributed by atoms with Crippen molar-refractivity contribution in [2.24, 2.45) is 0 Å². The molecule has 4 nitrogen and oxygen atoms in total. The van der Waals surface area contributed by atoms with Crippen molar-refractivity contribution in [1.82, 2.24) is 9.97 Å². The molecule has 4 heteroatoms. The number of hydrogen-bond donors (Lipinski definition) is 0. The van der Waals surface area contributed by atoms with Gasteiger partial charge in [-0.25, -0.2) is 9.97 Å². The van der Waals surface area contributed by atoms with E-state index in [1.165, 1.54) is 0 Å². The third-order valence-corrected chi connectivity index (χ3v) is 2.86. The molecule has 0 unspecified atom stereocenters. The van der Waals surface area contributed by atoms with Gasteiger partial charge in [0, 0.05) is 32.2 Å². The van der Waals surface area contributed by atoms with Crippen molar-refractivity contribution in [1.29, 1.82) is 0 Å². The number of nitrogens with zero attached hydrogens (tertiary/aromatic N) is 4. The van der Waals surface area contributed by atoms with E-state index in [9.17, 15) is 0 Å². The molecule has 0 saturated heterocycles. The molecule has 0 amide bonds. The zero-order chi connectivity index (χ0) is 12.1. The van der Waals surface area contributed by atoms with Crippen LogP contribution in [0.15, 0.2) is 12.4 Å². The van der Waals surface area contributed by atoms with E-state index in [0.717, 1.165) is 24.7 Å². The zero-order valence-corrected chi connectivity index (χ0v) is 10.9. The predicted molar refractivity (Wildman–Crippen MR) is 69.1 cm³/mol. The van der Waals surface area contributed by atoms with E-state index in [4.69, 9.17) is 0 Å². The van der Waals surface area contributed by atoms with E-state index in [1.807, 2.05) is 6.07 Å². The largest absolute Gasteiger partial charge is 0.357 e. The molecule has 0 saturated carbocycles. The second-order valence-corrected chi connectivity index (χ2v) is 4.11. The second kappa shape index (κ2) is 5.68. The molecule has 0 aliphatic heterocycles. The van der Waals surface area contributed by atoms with Crippen molar-refractivity contribution < 1.29 is 0 Å². The summed E-state index contributed by atoms with van der Waals surface area (Å²) in [6.45, 7) is 10.5. The number of rotatable bonds is 5. The van der Waals surface area contributed by atoms with Crippen LogP contribution < -0.4 is 9.80 Å². The van der Waals surface area contributed by atoms with Crippen LogP contribution in [0.5, 0.6) is 0 Å². The average molecular weight is 222 g/mol. The van der Waals surface area contributed by atoms with E-state index in [2.05, 4.69) is 54.5 Å². The summed E-state index contributed by atoms with van der Waals surface area (Å²) in [6, 6.07) is 2.49. The highest BCUT2D eigenvalue weighted by atomic mass is 15.2. The van der Waals surface area contributed by atoms with Crippen LogP contribution >= 0.6 is 0 Å². The Labute approximate surface area is 98.3 Å². The first-order valence-electron chi connectivity index (χ1n) is 5.89. The molecule has 0 radical (unpaired) electrons. The predicted octanol–water partition coefficient (Wildman–Crippen LogP) is 2.17. The Morgan fingerprint density at radius 2 is 1.69 bits per heavy atom. The number of hydrogen-bond acceptors (Lipinski definition) is 4. The van der Waals surface area contributed by atoms with E-state index in [1.54, 1.807) is 6.33 Å². The first-order chi connectivity index (χ1) is 7.60. The van der Waals surface area contributed by atoms with Gasteiger partial charge in [0.1, 0.15) is 18.0 Å². The minimum absolute atomic E-state index is 0.444. The number of anilines is 2. The van der Waals surface area contributed by atoms with Crippen molar-refractivity contribution in [2.75, 3.05) is 29.9 Å². The van der Waals surface area contributed by atoms with Gasteiger partial charge in [0.05, 0.1) is 0 Å². The summed E-state index contributed by atoms with van der Waals surface area (Å²) in [5, 5.41) is 0. The third kappa shape index (κ3) is 2.84. The fourth-order valence-corrected chi connectivity index (χ4v) is 1.52. The van der Waals surface area contributed by atoms with Crippen LogP contribution in [0.1, 0.15) is 27.7 Å². The highest BCUT2D eigenvalue weighted by molar-refractivity contribution is 5.49. The van der Waals surface area contributed by atoms with Gasteiger partial charge in [-0.15, -0.1) is 0 Å². The summed E-state index contributed by atoms with van der Waals surface area (Å²) < 4.78 is 0. The molecule has 0 N–H and O–H groups in total. The Morgan fingerprint density at radius 3 is 2.19 bits per heavy atom. The number of aromatic nitrogens is 2. The highest BCUT2D eigenvalue weighted by Crippen LogP contribution is 2.17. The molecule has 90 valence electrons. The molecule has 0 aliphatic carbocycles. The van der Waals surface area contributed by atoms with Gasteiger partial charge >= 0.3 is 0 Å². The summed E-state index contributed by atoms with van der Waals surface area (Å²) in [7, 11) is 2.05. The van der Waals surface area contributed by atoms with Gasteiger partial charge in [-0.05, 0) is 27.7 Å². The highest BCUT2D eigenvalue weighted by Gasteiger charge is 2.09. The summed E-state index contributed by atoms with van der Waals surface area (Å²) in [5.41, 5.74) is 0. The van der Waals surface area contributed by atoms with Crippen molar-refractivity contribution in [2.45, 2.75) is 33.7 Å². The molecule has 0 fully saturated rings. The van der Waals surface area contributed by atoms with Crippen molar-refractivity contribution in [3.8, 4) is 0 Å². The lowest BCUT2D eigenvalue weighted by molar-refractivity contribution is 0.739. The smallest absolute Gasteiger partial charge is 0.134 e. The summed E-state index contributed by atoms with van der Waals surface area (Å²) in [6.07, 6.45) is 1.64. The van der Waals surface area contributed by atoms with Crippen LogP contribution in [-0.2, 0) is 0 Å². The van der Waals surface area contributed by atoms with E-state index in [-0.39, 0.29) is 0 Å². The molecule has 0 bridgehead atoms. The van der Waals surface area contributed by atoms with Crippen molar-refractivity contribution in [3.63, 3.8) is 0 Å². The van der Waals surface area contributed by atoms with Crippen LogP contribution in [0.3, 0.4) is 0 Å². The maximum absolute atomic E-state index is 4.31. The molecular weight excluding hydrogens is 200 g/mol. The minimum atomic E-state index is 0.444. The van der Waals surface area contributed by atoms with E-state index in [0.29, 0.717) is 6.04 Å². The van der Waals surface area contributed by atoms with Gasteiger partial charge in [-0.2, -0.15) is 0 Å². The normalized spacial score (nSPS) is 10.6. The Balaban J connectivity index is 2.94. The van der Waals surface area contributed by atoms with Crippen LogP contribution in [0.25, 0.3) is 0 Å². The van der Waals surface area contributed by atoms with Crippen molar-refractivity contribution in [3.05, 3.63) is 12.4 Å². The standard InChI is InChI=1S/C12H22N4/c1-6-16(7-2)12-8-11(13-9-14-12)15(5)10(3)4/h8-10H,6-7H2,1-5H3. The van der Waals surface area contributed by atoms with Gasteiger partial charge in [-0.3, -0.25) is 0 Å². The maximum Gasteiger partial charge on any atom is 0.134 e. The van der Waals surface area contributed by atoms with Gasteiger partial charge in [0.2, 0.25) is 0 Å². The van der Waals surface area contributed by atoms with Crippen LogP contribution in [0.2, 0.25) is 0 Å². The van der Waals surface area contributed by atoms with Crippen molar-refractivity contribution >= 4 is 11.6 Å². The Bertz CT molecular complexity index is 303. The molecule has 0 aromatic carbocycles. The van der Waals surface area contributed by atoms with E-state index >= 15 is 0 Å². The molecule has 1 heterocycles. The van der Waals surface area contributed by atoms with Crippen LogP contribution in [0.4, 0.5) is 11.6 Å². The molecule has 1 rings (SSSR count). The lowest BCUT2D eigenvalue weighted by Gasteiger charge is -2.25. The van der Waals surface area contributed by atoms with Gasteiger partial charge < -0.3 is 9.80 Å². The first-order valence-corrected chi connectivity index (χ1v) is 5.89. The topological polar surface area (TPSA) is 32.3 Å². The first kappa shape index (κ1) is 12.7. The third-order valence-electron chi connectivity index (χ3n) is 2.86. The second-order valence-electron chi connectivity index (χ2n) is 4.11. The minimum Gasteiger partial charge on any atom is -0.357 e. The lowest BCUT2D eigenvalue weighted by Crippen LogP contribution is -2.28. The lowest BCUT2D eigenvalue weighted by atomic mass is 10.3. The maximum atomic E-state index is 4.31. The molecule has 0 spiro atoms. The monoisotopic (exact) mass is 222 g/mol. The summed E-state index contributed by atoms with van der Waals surface area (Å²) in [4.78, 5) is 13.0. The summed E-state index contributed by atoms with van der Waals surface area (Å²) in [5.74, 6) is 1.98. The molecule has 1 aromatic rings. The molecule has 16 heavy (non-hydrogen) atoms. The van der Waals surface area contributed by atoms with Gasteiger partial charge in [0.15, 0.2) is 0 Å². The van der Waals surface area contributed by atoms with Crippen LogP contribution in [-0.4, -0.2) is 36.1 Å². The fraction of sp³-hybridized carbons (Fsp3) is 0.667. The molecule has 1 aromatic heterocycles. The Morgan fingerprint density at radius 1 is 1.12 bits per heavy atom. The summed E-state index contributed by atoms with van der Waals surface area (Å²) >= 11 is 0. The molecule has 0 aliphatic rings. The molecular formula is C12H22N4. The quantitative estimate of drug-likeness (QED) is 0.764.